The maximum absolute atomic E-state index is 12.1. The number of aryl methyl sites for hydroxylation is 1. The summed E-state index contributed by atoms with van der Waals surface area (Å²) in [7, 11) is -2.63. The van der Waals surface area contributed by atoms with Crippen LogP contribution in [0.5, 0.6) is 17.2 Å². The van der Waals surface area contributed by atoms with Crippen molar-refractivity contribution < 1.29 is 29.2 Å². The van der Waals surface area contributed by atoms with Crippen molar-refractivity contribution in [1.82, 2.24) is 4.98 Å². The number of aliphatic carboxylic acids is 1. The van der Waals surface area contributed by atoms with Crippen molar-refractivity contribution in [2.24, 2.45) is 9.74 Å². The van der Waals surface area contributed by atoms with Crippen LogP contribution in [-0.2, 0) is 17.8 Å². The molecule has 0 spiro atoms. The Morgan fingerprint density at radius 3 is 2.62 bits per heavy atom. The standard InChI is InChI=1S/C26H25N4O6P/c1-17-25(31)22(15-28-12-11-19-7-9-20(13-27)10-8-19)21(14-29-17)16-35-23-5-3-4-6-24(23)36-37(34)30-18(2)26(32)33/h3-10,14-15,18,31H,11-12,16H2,1-2H3,(H,32,33). The van der Waals surface area contributed by atoms with Crippen molar-refractivity contribution >= 4 is 20.4 Å². The maximum atomic E-state index is 12.1. The molecule has 0 aliphatic carbocycles. The predicted octanol–water partition coefficient (Wildman–Crippen LogP) is 3.92. The third-order valence-corrected chi connectivity index (χ3v) is 6.11. The molecule has 0 aliphatic heterocycles. The summed E-state index contributed by atoms with van der Waals surface area (Å²) in [4.78, 5) is 31.7. The first-order chi connectivity index (χ1) is 17.8. The summed E-state index contributed by atoms with van der Waals surface area (Å²) < 4.78 is 14.8. The Labute approximate surface area is 215 Å². The number of aromatic hydroxyl groups is 1. The van der Waals surface area contributed by atoms with Gasteiger partial charge in [-0.15, -0.1) is 0 Å². The number of benzene rings is 2. The van der Waals surface area contributed by atoms with E-state index in [1.54, 1.807) is 49.7 Å². The van der Waals surface area contributed by atoms with Gasteiger partial charge in [0.05, 0.1) is 17.3 Å². The van der Waals surface area contributed by atoms with Gasteiger partial charge in [-0.1, -0.05) is 29.0 Å². The van der Waals surface area contributed by atoms with Gasteiger partial charge in [-0.25, -0.2) is 4.79 Å². The van der Waals surface area contributed by atoms with Crippen LogP contribution < -0.4 is 14.2 Å². The molecule has 2 atom stereocenters. The van der Waals surface area contributed by atoms with Gasteiger partial charge in [0.15, 0.2) is 11.8 Å². The summed E-state index contributed by atoms with van der Waals surface area (Å²) in [5, 5.41) is 28.4. The molecule has 190 valence electrons. The molecule has 2 N–H and O–H groups in total. The summed E-state index contributed by atoms with van der Waals surface area (Å²) in [5.41, 5.74) is 3.09. The molecular weight excluding hydrogens is 495 g/mol. The van der Waals surface area contributed by atoms with Crippen molar-refractivity contribution in [2.75, 3.05) is 6.54 Å². The molecule has 0 fully saturated rings. The van der Waals surface area contributed by atoms with Crippen LogP contribution in [0.2, 0.25) is 0 Å². The highest BCUT2D eigenvalue weighted by Crippen LogP contribution is 2.34. The fourth-order valence-corrected chi connectivity index (χ4v) is 3.85. The van der Waals surface area contributed by atoms with Crippen molar-refractivity contribution in [3.63, 3.8) is 0 Å². The fraction of sp³-hybridized carbons (Fsp3) is 0.231. The van der Waals surface area contributed by atoms with E-state index in [1.165, 1.54) is 13.0 Å². The van der Waals surface area contributed by atoms with Gasteiger partial charge in [0, 0.05) is 30.1 Å². The first kappa shape index (κ1) is 27.3. The summed E-state index contributed by atoms with van der Waals surface area (Å²) >= 11 is 0. The van der Waals surface area contributed by atoms with Gasteiger partial charge >= 0.3 is 14.1 Å². The second kappa shape index (κ2) is 13.1. The summed E-state index contributed by atoms with van der Waals surface area (Å²) in [6.45, 7) is 3.44. The second-order valence-corrected chi connectivity index (χ2v) is 8.81. The predicted molar refractivity (Wildman–Crippen MR) is 136 cm³/mol. The van der Waals surface area contributed by atoms with Gasteiger partial charge in [-0.2, -0.15) is 5.26 Å². The zero-order valence-electron chi connectivity index (χ0n) is 20.2. The lowest BCUT2D eigenvalue weighted by Crippen LogP contribution is -2.13. The number of rotatable bonds is 11. The lowest BCUT2D eigenvalue weighted by Gasteiger charge is -2.12. The average molecular weight is 520 g/mol. The fourth-order valence-electron chi connectivity index (χ4n) is 3.11. The van der Waals surface area contributed by atoms with Gasteiger partial charge in [0.25, 0.3) is 0 Å². The van der Waals surface area contributed by atoms with Gasteiger partial charge < -0.3 is 19.8 Å². The van der Waals surface area contributed by atoms with Crippen molar-refractivity contribution in [2.45, 2.75) is 32.9 Å². The topological polar surface area (TPSA) is 160 Å². The molecule has 0 amide bonds. The molecular formula is C26H25N4O6P. The number of carboxylic acids is 1. The normalized spacial score (nSPS) is 12.2. The van der Waals surface area contributed by atoms with E-state index in [0.29, 0.717) is 35.3 Å². The van der Waals surface area contributed by atoms with Gasteiger partial charge in [0.2, 0.25) is 5.75 Å². The van der Waals surface area contributed by atoms with Crippen LogP contribution in [0.3, 0.4) is 0 Å². The largest absolute Gasteiger partial charge is 0.575 e. The number of carboxylic acid groups (broad SMARTS) is 1. The minimum Gasteiger partial charge on any atom is -0.575 e. The van der Waals surface area contributed by atoms with Crippen LogP contribution in [0.25, 0.3) is 0 Å². The van der Waals surface area contributed by atoms with E-state index >= 15 is 0 Å². The average Bonchev–Trinajstić information content (AvgIpc) is 2.89. The quantitative estimate of drug-likeness (QED) is 0.284. The Balaban J connectivity index is 1.71. The molecule has 10 nitrogen and oxygen atoms in total. The molecule has 37 heavy (non-hydrogen) atoms. The lowest BCUT2D eigenvalue weighted by molar-refractivity contribution is -0.169. The number of carbonyl (C=O) groups is 1. The molecule has 2 aromatic carbocycles. The molecule has 1 heterocycles. The highest BCUT2D eigenvalue weighted by molar-refractivity contribution is 7.34. The summed E-state index contributed by atoms with van der Waals surface area (Å²) in [6.07, 6.45) is 3.80. The molecule has 2 unspecified atom stereocenters. The summed E-state index contributed by atoms with van der Waals surface area (Å²) in [6, 6.07) is 14.6. The van der Waals surface area contributed by atoms with E-state index in [4.69, 9.17) is 19.6 Å². The third kappa shape index (κ3) is 7.84. The van der Waals surface area contributed by atoms with E-state index in [9.17, 15) is 14.8 Å². The van der Waals surface area contributed by atoms with Crippen LogP contribution in [0.4, 0.5) is 0 Å². The molecule has 0 bridgehead atoms. The van der Waals surface area contributed by atoms with Crippen LogP contribution in [0.1, 0.15) is 34.9 Å². The van der Waals surface area contributed by atoms with E-state index in [2.05, 4.69) is 20.8 Å². The second-order valence-electron chi connectivity index (χ2n) is 7.92. The number of aliphatic imine (C=N–C) groups is 1. The highest BCUT2D eigenvalue weighted by Gasteiger charge is 2.18. The molecule has 11 heteroatoms. The number of para-hydroxylation sites is 2. The van der Waals surface area contributed by atoms with E-state index < -0.39 is 20.2 Å². The highest BCUT2D eigenvalue weighted by atomic mass is 31.1. The lowest BCUT2D eigenvalue weighted by atomic mass is 10.1. The Morgan fingerprint density at radius 2 is 1.95 bits per heavy atom. The number of hydrogen-bond donors (Lipinski definition) is 2. The third-order valence-electron chi connectivity index (χ3n) is 5.22. The number of nitriles is 1. The van der Waals surface area contributed by atoms with Gasteiger partial charge in [0.1, 0.15) is 12.4 Å². The maximum Gasteiger partial charge on any atom is 0.395 e. The molecule has 0 saturated carbocycles. The van der Waals surface area contributed by atoms with Crippen LogP contribution >= 0.6 is 8.17 Å². The SMILES string of the molecule is Cc1ncc(COc2ccccc2O[P+]([O-])=NC(C)C(=O)O)c(C=NCCc2ccc(C#N)cc2)c1O. The molecule has 1 aromatic heterocycles. The Morgan fingerprint density at radius 1 is 1.24 bits per heavy atom. The monoisotopic (exact) mass is 520 g/mol. The van der Waals surface area contributed by atoms with Crippen LogP contribution in [0, 0.1) is 18.3 Å². The molecule has 0 saturated heterocycles. The van der Waals surface area contributed by atoms with E-state index in [-0.39, 0.29) is 23.9 Å². The van der Waals surface area contributed by atoms with Gasteiger partial charge in [-0.3, -0.25) is 14.5 Å². The smallest absolute Gasteiger partial charge is 0.395 e. The summed E-state index contributed by atoms with van der Waals surface area (Å²) in [5.74, 6) is -0.841. The van der Waals surface area contributed by atoms with Crippen LogP contribution in [-0.4, -0.2) is 40.0 Å². The first-order valence-corrected chi connectivity index (χ1v) is 12.4. The number of hydrogen-bond acceptors (Lipinski definition) is 9. The van der Waals surface area contributed by atoms with E-state index in [0.717, 1.165) is 5.56 Å². The molecule has 3 rings (SSSR count). The number of pyridine rings is 1. The Kier molecular flexibility index (Phi) is 9.67. The van der Waals surface area contributed by atoms with E-state index in [1.807, 2.05) is 12.1 Å². The van der Waals surface area contributed by atoms with Crippen molar-refractivity contribution in [1.29, 1.82) is 5.26 Å². The first-order valence-electron chi connectivity index (χ1n) is 11.3. The molecule has 0 radical (unpaired) electrons. The molecule has 0 aliphatic rings. The Bertz CT molecular complexity index is 1350. The zero-order valence-corrected chi connectivity index (χ0v) is 21.1. The zero-order chi connectivity index (χ0) is 26.8. The number of ether oxygens (including phenoxy) is 1. The van der Waals surface area contributed by atoms with Crippen molar-refractivity contribution in [3.8, 4) is 23.3 Å². The Hall–Kier alpha value is -4.32. The number of nitrogens with zero attached hydrogens (tertiary/aromatic N) is 4. The number of aromatic nitrogens is 1. The molecule has 3 aromatic rings. The minimum absolute atomic E-state index is 0.00234. The van der Waals surface area contributed by atoms with Crippen molar-refractivity contribution in [3.05, 3.63) is 82.7 Å². The van der Waals surface area contributed by atoms with Crippen LogP contribution in [0.15, 0.2) is 64.5 Å². The minimum atomic E-state index is -2.63. The van der Waals surface area contributed by atoms with Gasteiger partial charge in [-0.05, 0) is 50.1 Å².